The van der Waals surface area contributed by atoms with Crippen LogP contribution in [0, 0.1) is 0 Å². The van der Waals surface area contributed by atoms with Crippen molar-refractivity contribution in [1.82, 2.24) is 15.1 Å². The Bertz CT molecular complexity index is 726. The number of halogens is 1. The van der Waals surface area contributed by atoms with Crippen molar-refractivity contribution in [3.05, 3.63) is 51.3 Å². The number of aromatic amines is 1. The fourth-order valence-corrected chi connectivity index (χ4v) is 2.93. The second-order valence-electron chi connectivity index (χ2n) is 4.79. The monoisotopic (exact) mass is 349 g/mol. The zero-order chi connectivity index (χ0) is 15.0. The molecule has 1 aromatic carbocycles. The number of aromatic nitrogens is 2. The van der Waals surface area contributed by atoms with Crippen LogP contribution < -0.4 is 0 Å². The first-order valence-electron chi connectivity index (χ1n) is 6.41. The summed E-state index contributed by atoms with van der Waals surface area (Å²) in [6.07, 6.45) is 0.490. The van der Waals surface area contributed by atoms with Crippen molar-refractivity contribution in [2.75, 3.05) is 6.54 Å². The lowest BCUT2D eigenvalue weighted by atomic mass is 10.0. The lowest BCUT2D eigenvalue weighted by molar-refractivity contribution is 0.0689. The molecule has 6 nitrogen and oxygen atoms in total. The molecule has 21 heavy (non-hydrogen) atoms. The molecule has 2 N–H and O–H groups in total. The summed E-state index contributed by atoms with van der Waals surface area (Å²) in [6, 6.07) is 7.24. The number of fused-ring (bicyclic) bond motifs is 1. The molecule has 7 heteroatoms. The molecule has 0 saturated heterocycles. The second kappa shape index (κ2) is 5.33. The number of benzene rings is 1. The summed E-state index contributed by atoms with van der Waals surface area (Å²) in [4.78, 5) is 25.2. The Morgan fingerprint density at radius 2 is 2.10 bits per heavy atom. The number of nitrogens with one attached hydrogen (secondary N) is 1. The maximum Gasteiger partial charge on any atom is 0.356 e. The number of rotatable bonds is 2. The van der Waals surface area contributed by atoms with Gasteiger partial charge >= 0.3 is 5.97 Å². The van der Waals surface area contributed by atoms with Crippen LogP contribution in [0.2, 0.25) is 0 Å². The van der Waals surface area contributed by atoms with E-state index in [4.69, 9.17) is 5.11 Å². The van der Waals surface area contributed by atoms with Gasteiger partial charge in [0.2, 0.25) is 0 Å². The first kappa shape index (κ1) is 13.8. The lowest BCUT2D eigenvalue weighted by Crippen LogP contribution is -2.36. The van der Waals surface area contributed by atoms with Crippen molar-refractivity contribution in [1.29, 1.82) is 0 Å². The van der Waals surface area contributed by atoms with Gasteiger partial charge in [0.15, 0.2) is 5.69 Å². The fourth-order valence-electron chi connectivity index (χ4n) is 2.47. The third-order valence-electron chi connectivity index (χ3n) is 3.53. The molecule has 1 aromatic heterocycles. The highest BCUT2D eigenvalue weighted by atomic mass is 79.9. The number of aromatic carboxylic acids is 1. The van der Waals surface area contributed by atoms with E-state index in [1.165, 1.54) is 0 Å². The second-order valence-corrected chi connectivity index (χ2v) is 5.65. The van der Waals surface area contributed by atoms with Gasteiger partial charge in [-0.2, -0.15) is 5.10 Å². The van der Waals surface area contributed by atoms with E-state index in [9.17, 15) is 9.59 Å². The minimum Gasteiger partial charge on any atom is -0.476 e. The zero-order valence-corrected chi connectivity index (χ0v) is 12.6. The SMILES string of the molecule is O=C(O)c1n[nH]c2c1CCN(C(=O)c1ccccc1Br)C2. The van der Waals surface area contributed by atoms with Crippen LogP contribution >= 0.6 is 15.9 Å². The molecule has 0 aliphatic carbocycles. The Morgan fingerprint density at radius 3 is 2.81 bits per heavy atom. The molecule has 1 aliphatic rings. The maximum atomic E-state index is 12.5. The highest BCUT2D eigenvalue weighted by Crippen LogP contribution is 2.24. The van der Waals surface area contributed by atoms with Gasteiger partial charge in [0.1, 0.15) is 0 Å². The summed E-state index contributed by atoms with van der Waals surface area (Å²) in [5.41, 5.74) is 2.04. The van der Waals surface area contributed by atoms with E-state index in [-0.39, 0.29) is 11.6 Å². The molecule has 3 rings (SSSR count). The number of carbonyl (C=O) groups excluding carboxylic acids is 1. The smallest absolute Gasteiger partial charge is 0.356 e. The van der Waals surface area contributed by atoms with Crippen molar-refractivity contribution in [2.24, 2.45) is 0 Å². The molecular weight excluding hydrogens is 338 g/mol. The molecule has 0 radical (unpaired) electrons. The number of hydrogen-bond acceptors (Lipinski definition) is 3. The standard InChI is InChI=1S/C14H12BrN3O3/c15-10-4-2-1-3-8(10)13(19)18-6-5-9-11(7-18)16-17-12(9)14(20)21/h1-4H,5-7H2,(H,16,17)(H,20,21). The minimum atomic E-state index is -1.04. The molecule has 0 atom stereocenters. The third kappa shape index (κ3) is 2.44. The van der Waals surface area contributed by atoms with Crippen molar-refractivity contribution < 1.29 is 14.7 Å². The number of hydrogen-bond donors (Lipinski definition) is 2. The van der Waals surface area contributed by atoms with E-state index in [0.717, 1.165) is 4.47 Å². The summed E-state index contributed by atoms with van der Waals surface area (Å²) < 4.78 is 0.747. The van der Waals surface area contributed by atoms with Gasteiger partial charge in [-0.3, -0.25) is 9.89 Å². The Morgan fingerprint density at radius 1 is 1.33 bits per heavy atom. The zero-order valence-electron chi connectivity index (χ0n) is 11.0. The number of nitrogens with zero attached hydrogens (tertiary/aromatic N) is 2. The Labute approximate surface area is 128 Å². The van der Waals surface area contributed by atoms with Crippen LogP contribution in [-0.4, -0.2) is 38.6 Å². The minimum absolute atomic E-state index is 0.0537. The predicted octanol–water partition coefficient (Wildman–Crippen LogP) is 2.07. The molecule has 2 aromatic rings. The van der Waals surface area contributed by atoms with Gasteiger partial charge in [-0.05, 0) is 34.5 Å². The number of carboxylic acid groups (broad SMARTS) is 1. The summed E-state index contributed by atoms with van der Waals surface area (Å²) in [6.45, 7) is 0.822. The molecule has 2 heterocycles. The van der Waals surface area contributed by atoms with Crippen LogP contribution in [0.4, 0.5) is 0 Å². The van der Waals surface area contributed by atoms with E-state index >= 15 is 0 Å². The Hall–Kier alpha value is -2.15. The van der Waals surface area contributed by atoms with E-state index in [0.29, 0.717) is 36.3 Å². The topological polar surface area (TPSA) is 86.3 Å². The summed E-state index contributed by atoms with van der Waals surface area (Å²) >= 11 is 3.37. The van der Waals surface area contributed by atoms with Crippen LogP contribution in [0.1, 0.15) is 32.1 Å². The third-order valence-corrected chi connectivity index (χ3v) is 4.22. The average Bonchev–Trinajstić information content (AvgIpc) is 2.90. The summed E-state index contributed by atoms with van der Waals surface area (Å²) in [5.74, 6) is -1.13. The molecular formula is C14H12BrN3O3. The quantitative estimate of drug-likeness (QED) is 0.868. The summed E-state index contributed by atoms with van der Waals surface area (Å²) in [7, 11) is 0. The van der Waals surface area contributed by atoms with Crippen molar-refractivity contribution in [3.8, 4) is 0 Å². The molecule has 108 valence electrons. The maximum absolute atomic E-state index is 12.5. The van der Waals surface area contributed by atoms with Gasteiger partial charge in [-0.15, -0.1) is 0 Å². The number of H-pyrrole nitrogens is 1. The molecule has 0 fully saturated rings. The van der Waals surface area contributed by atoms with Gasteiger partial charge in [-0.1, -0.05) is 12.1 Å². The average molecular weight is 350 g/mol. The van der Waals surface area contributed by atoms with E-state index in [1.54, 1.807) is 11.0 Å². The van der Waals surface area contributed by atoms with E-state index in [1.807, 2.05) is 18.2 Å². The lowest BCUT2D eigenvalue weighted by Gasteiger charge is -2.27. The fraction of sp³-hybridized carbons (Fsp3) is 0.214. The highest BCUT2D eigenvalue weighted by molar-refractivity contribution is 9.10. The molecule has 0 spiro atoms. The van der Waals surface area contributed by atoms with Crippen LogP contribution in [0.3, 0.4) is 0 Å². The number of amides is 1. The van der Waals surface area contributed by atoms with Crippen molar-refractivity contribution in [2.45, 2.75) is 13.0 Å². The van der Waals surface area contributed by atoms with Gasteiger partial charge < -0.3 is 10.0 Å². The van der Waals surface area contributed by atoms with Crippen molar-refractivity contribution >= 4 is 27.8 Å². The predicted molar refractivity (Wildman–Crippen MR) is 78.1 cm³/mol. The van der Waals surface area contributed by atoms with Crippen LogP contribution in [0.15, 0.2) is 28.7 Å². The Kier molecular flexibility index (Phi) is 3.50. The van der Waals surface area contributed by atoms with Gasteiger partial charge in [0, 0.05) is 16.6 Å². The Balaban J connectivity index is 1.85. The first-order valence-corrected chi connectivity index (χ1v) is 7.20. The van der Waals surface area contributed by atoms with Crippen LogP contribution in [0.5, 0.6) is 0 Å². The molecule has 1 amide bonds. The van der Waals surface area contributed by atoms with Gasteiger partial charge in [-0.25, -0.2) is 4.79 Å². The van der Waals surface area contributed by atoms with Gasteiger partial charge in [0.05, 0.1) is 17.8 Å². The molecule has 0 unspecified atom stereocenters. The van der Waals surface area contributed by atoms with Crippen molar-refractivity contribution in [3.63, 3.8) is 0 Å². The molecule has 0 bridgehead atoms. The largest absolute Gasteiger partial charge is 0.476 e. The normalized spacial score (nSPS) is 13.9. The number of carboxylic acids is 1. The van der Waals surface area contributed by atoms with E-state index in [2.05, 4.69) is 26.1 Å². The number of carbonyl (C=O) groups is 2. The van der Waals surface area contributed by atoms with Gasteiger partial charge in [0.25, 0.3) is 5.91 Å². The summed E-state index contributed by atoms with van der Waals surface area (Å²) in [5, 5.41) is 15.6. The van der Waals surface area contributed by atoms with Crippen LogP contribution in [0.25, 0.3) is 0 Å². The highest BCUT2D eigenvalue weighted by Gasteiger charge is 2.28. The molecule has 1 aliphatic heterocycles. The first-order chi connectivity index (χ1) is 10.1. The van der Waals surface area contributed by atoms with E-state index < -0.39 is 5.97 Å². The molecule has 0 saturated carbocycles. The van der Waals surface area contributed by atoms with Crippen LogP contribution in [-0.2, 0) is 13.0 Å².